The number of hydrogen-bond donors (Lipinski definition) is 3. The van der Waals surface area contributed by atoms with Crippen LogP contribution < -0.4 is 5.32 Å². The van der Waals surface area contributed by atoms with Gasteiger partial charge < -0.3 is 15.4 Å². The first-order chi connectivity index (χ1) is 9.60. The second kappa shape index (κ2) is 6.29. The molecule has 1 aromatic carbocycles. The van der Waals surface area contributed by atoms with Crippen LogP contribution in [-0.2, 0) is 0 Å². The van der Waals surface area contributed by atoms with Gasteiger partial charge in [-0.1, -0.05) is 29.5 Å². The third-order valence-electron chi connectivity index (χ3n) is 2.69. The minimum Gasteiger partial charge on any atom is -0.384 e. The number of rotatable bonds is 2. The number of H-pyrrole nitrogens is 1. The number of carbonyl (C=O) groups is 1. The number of benzene rings is 1. The normalized spacial score (nSPS) is 9.75. The molecule has 0 unspecified atom stereocenters. The highest BCUT2D eigenvalue weighted by Gasteiger charge is 2.08. The van der Waals surface area contributed by atoms with Crippen molar-refractivity contribution in [3.05, 3.63) is 52.3 Å². The van der Waals surface area contributed by atoms with Gasteiger partial charge in [-0.3, -0.25) is 4.79 Å². The van der Waals surface area contributed by atoms with Crippen LogP contribution in [0.25, 0.3) is 0 Å². The average Bonchev–Trinajstić information content (AvgIpc) is 2.86. The largest absolute Gasteiger partial charge is 0.384 e. The zero-order chi connectivity index (χ0) is 14.5. The van der Waals surface area contributed by atoms with E-state index in [1.54, 1.807) is 24.4 Å². The molecule has 102 valence electrons. The summed E-state index contributed by atoms with van der Waals surface area (Å²) in [6.07, 6.45) is 1.55. The number of amides is 1. The standard InChI is InChI=1S/C15H13ClN2O2/c1-10-4-5-13(7-11(10)3-2-6-19)18-15(20)14-8-12(16)9-17-14/h4-5,7-9,17,19H,6H2,1H3,(H,18,20). The van der Waals surface area contributed by atoms with Gasteiger partial charge in [0.05, 0.1) is 5.02 Å². The number of aryl methyl sites for hydroxylation is 1. The molecule has 0 spiro atoms. The number of aliphatic hydroxyl groups excluding tert-OH is 1. The van der Waals surface area contributed by atoms with Crippen molar-refractivity contribution in [2.45, 2.75) is 6.92 Å². The van der Waals surface area contributed by atoms with E-state index >= 15 is 0 Å². The predicted molar refractivity (Wildman–Crippen MR) is 78.9 cm³/mol. The van der Waals surface area contributed by atoms with Crippen LogP contribution in [0.15, 0.2) is 30.5 Å². The molecule has 0 aliphatic heterocycles. The highest BCUT2D eigenvalue weighted by Crippen LogP contribution is 2.16. The molecular formula is C15H13ClN2O2. The molecule has 1 aromatic heterocycles. The molecule has 3 N–H and O–H groups in total. The van der Waals surface area contributed by atoms with Crippen LogP contribution >= 0.6 is 11.6 Å². The van der Waals surface area contributed by atoms with Crippen molar-refractivity contribution in [2.24, 2.45) is 0 Å². The topological polar surface area (TPSA) is 65.1 Å². The Hall–Kier alpha value is -2.22. The molecule has 0 atom stereocenters. The lowest BCUT2D eigenvalue weighted by Crippen LogP contribution is -2.12. The molecule has 20 heavy (non-hydrogen) atoms. The fourth-order valence-electron chi connectivity index (χ4n) is 1.67. The van der Waals surface area contributed by atoms with Crippen LogP contribution in [0.4, 0.5) is 5.69 Å². The molecule has 1 amide bonds. The summed E-state index contributed by atoms with van der Waals surface area (Å²) in [6.45, 7) is 1.72. The second-order valence-corrected chi connectivity index (χ2v) is 4.61. The third-order valence-corrected chi connectivity index (χ3v) is 2.91. The molecule has 0 saturated heterocycles. The Morgan fingerprint density at radius 3 is 2.90 bits per heavy atom. The van der Waals surface area contributed by atoms with Gasteiger partial charge in [-0.05, 0) is 30.7 Å². The van der Waals surface area contributed by atoms with Crippen molar-refractivity contribution in [3.63, 3.8) is 0 Å². The van der Waals surface area contributed by atoms with Crippen LogP contribution in [0.3, 0.4) is 0 Å². The number of aromatic nitrogens is 1. The summed E-state index contributed by atoms with van der Waals surface area (Å²) < 4.78 is 0. The van der Waals surface area contributed by atoms with Gasteiger partial charge in [-0.15, -0.1) is 0 Å². The molecule has 4 nitrogen and oxygen atoms in total. The van der Waals surface area contributed by atoms with E-state index in [2.05, 4.69) is 22.1 Å². The lowest BCUT2D eigenvalue weighted by atomic mass is 10.1. The van der Waals surface area contributed by atoms with Crippen LogP contribution in [0.2, 0.25) is 5.02 Å². The highest BCUT2D eigenvalue weighted by atomic mass is 35.5. The van der Waals surface area contributed by atoms with Crippen molar-refractivity contribution < 1.29 is 9.90 Å². The van der Waals surface area contributed by atoms with Crippen LogP contribution in [-0.4, -0.2) is 22.6 Å². The van der Waals surface area contributed by atoms with E-state index in [0.717, 1.165) is 11.1 Å². The van der Waals surface area contributed by atoms with Crippen molar-refractivity contribution in [3.8, 4) is 11.8 Å². The molecule has 2 aromatic rings. The summed E-state index contributed by atoms with van der Waals surface area (Å²) in [7, 11) is 0. The fraction of sp³-hybridized carbons (Fsp3) is 0.133. The monoisotopic (exact) mass is 288 g/mol. The second-order valence-electron chi connectivity index (χ2n) is 4.18. The summed E-state index contributed by atoms with van der Waals surface area (Å²) in [6, 6.07) is 6.97. The molecule has 1 heterocycles. The zero-order valence-corrected chi connectivity index (χ0v) is 11.6. The van der Waals surface area contributed by atoms with E-state index in [4.69, 9.17) is 16.7 Å². The van der Waals surface area contributed by atoms with Gasteiger partial charge in [0.1, 0.15) is 12.3 Å². The SMILES string of the molecule is Cc1ccc(NC(=O)c2cc(Cl)c[nH]2)cc1C#CCO. The van der Waals surface area contributed by atoms with Gasteiger partial charge in [-0.25, -0.2) is 0 Å². The van der Waals surface area contributed by atoms with E-state index in [1.165, 1.54) is 0 Å². The smallest absolute Gasteiger partial charge is 0.272 e. The average molecular weight is 289 g/mol. The van der Waals surface area contributed by atoms with Crippen molar-refractivity contribution >= 4 is 23.2 Å². The maximum atomic E-state index is 12.0. The predicted octanol–water partition coefficient (Wildman–Crippen LogP) is 2.57. The lowest BCUT2D eigenvalue weighted by Gasteiger charge is -2.06. The van der Waals surface area contributed by atoms with E-state index < -0.39 is 0 Å². The lowest BCUT2D eigenvalue weighted by molar-refractivity contribution is 0.102. The van der Waals surface area contributed by atoms with Crippen molar-refractivity contribution in [1.29, 1.82) is 0 Å². The van der Waals surface area contributed by atoms with E-state index in [9.17, 15) is 4.79 Å². The van der Waals surface area contributed by atoms with Gasteiger partial charge in [0.15, 0.2) is 0 Å². The molecule has 0 saturated carbocycles. The quantitative estimate of drug-likeness (QED) is 0.744. The number of hydrogen-bond acceptors (Lipinski definition) is 2. The summed E-state index contributed by atoms with van der Waals surface area (Å²) in [4.78, 5) is 14.7. The molecule has 0 radical (unpaired) electrons. The van der Waals surface area contributed by atoms with E-state index in [-0.39, 0.29) is 12.5 Å². The highest BCUT2D eigenvalue weighted by molar-refractivity contribution is 6.31. The molecule has 5 heteroatoms. The molecule has 0 aliphatic rings. The minimum atomic E-state index is -0.276. The Morgan fingerprint density at radius 2 is 2.25 bits per heavy atom. The van der Waals surface area contributed by atoms with Crippen molar-refractivity contribution in [1.82, 2.24) is 4.98 Å². The maximum absolute atomic E-state index is 12.0. The first-order valence-electron chi connectivity index (χ1n) is 5.96. The number of halogens is 1. The Balaban J connectivity index is 2.19. The summed E-state index contributed by atoms with van der Waals surface area (Å²) in [5.41, 5.74) is 2.76. The number of aromatic amines is 1. The molecule has 0 fully saturated rings. The fourth-order valence-corrected chi connectivity index (χ4v) is 1.83. The Kier molecular flexibility index (Phi) is 4.46. The van der Waals surface area contributed by atoms with Gasteiger partial charge in [0.2, 0.25) is 0 Å². The summed E-state index contributed by atoms with van der Waals surface area (Å²) in [5.74, 6) is 5.15. The van der Waals surface area contributed by atoms with Crippen LogP contribution in [0.5, 0.6) is 0 Å². The van der Waals surface area contributed by atoms with E-state index in [0.29, 0.717) is 16.4 Å². The molecule has 0 bridgehead atoms. The first kappa shape index (κ1) is 14.2. The number of anilines is 1. The third kappa shape index (κ3) is 3.41. The first-order valence-corrected chi connectivity index (χ1v) is 6.33. The molecule has 0 aliphatic carbocycles. The number of carbonyl (C=O) groups excluding carboxylic acids is 1. The maximum Gasteiger partial charge on any atom is 0.272 e. The molecular weight excluding hydrogens is 276 g/mol. The summed E-state index contributed by atoms with van der Waals surface area (Å²) in [5, 5.41) is 12.0. The van der Waals surface area contributed by atoms with Gasteiger partial charge in [0, 0.05) is 17.4 Å². The van der Waals surface area contributed by atoms with Crippen LogP contribution in [0, 0.1) is 18.8 Å². The number of nitrogens with one attached hydrogen (secondary N) is 2. The number of aliphatic hydroxyl groups is 1. The minimum absolute atomic E-state index is 0.197. The van der Waals surface area contributed by atoms with Crippen molar-refractivity contribution in [2.75, 3.05) is 11.9 Å². The van der Waals surface area contributed by atoms with E-state index in [1.807, 2.05) is 13.0 Å². The Labute approximate surface area is 121 Å². The van der Waals surface area contributed by atoms with Gasteiger partial charge in [0.25, 0.3) is 5.91 Å². The Morgan fingerprint density at radius 1 is 1.45 bits per heavy atom. The Bertz CT molecular complexity index is 695. The van der Waals surface area contributed by atoms with Gasteiger partial charge in [-0.2, -0.15) is 0 Å². The molecule has 2 rings (SSSR count). The zero-order valence-electron chi connectivity index (χ0n) is 10.8. The van der Waals surface area contributed by atoms with Crippen LogP contribution in [0.1, 0.15) is 21.6 Å². The van der Waals surface area contributed by atoms with Gasteiger partial charge >= 0.3 is 0 Å². The summed E-state index contributed by atoms with van der Waals surface area (Å²) >= 11 is 5.76.